The largest absolute Gasteiger partial charge is 0.459 e. The van der Waals surface area contributed by atoms with Crippen LogP contribution in [0.5, 0.6) is 0 Å². The van der Waals surface area contributed by atoms with Crippen LogP contribution < -0.4 is 0 Å². The Morgan fingerprint density at radius 2 is 1.77 bits per heavy atom. The molecule has 2 aromatic carbocycles. The summed E-state index contributed by atoms with van der Waals surface area (Å²) >= 11 is 0. The molecule has 0 saturated heterocycles. The Balaban J connectivity index is 1.92. The number of rotatable bonds is 7. The summed E-state index contributed by atoms with van der Waals surface area (Å²) in [7, 11) is -2.43. The zero-order chi connectivity index (χ0) is 22.1. The highest BCUT2D eigenvalue weighted by atomic mass is 32.2. The monoisotopic (exact) mass is 432 g/mol. The first-order chi connectivity index (χ1) is 14.2. The van der Waals surface area contributed by atoms with Gasteiger partial charge in [0.25, 0.3) is 5.91 Å². The van der Waals surface area contributed by atoms with Crippen molar-refractivity contribution in [1.29, 1.82) is 0 Å². The fraction of sp³-hybridized carbons (Fsp3) is 0.318. The molecule has 0 radical (unpaired) electrons. The number of fused-ring (bicyclic) bond motifs is 1. The van der Waals surface area contributed by atoms with Crippen LogP contribution in [0.3, 0.4) is 0 Å². The number of nitrogens with zero attached hydrogens (tertiary/aromatic N) is 2. The van der Waals surface area contributed by atoms with Crippen LogP contribution in [0.4, 0.5) is 4.39 Å². The lowest BCUT2D eigenvalue weighted by molar-refractivity contribution is 0.0727. The summed E-state index contributed by atoms with van der Waals surface area (Å²) in [5.41, 5.74) is 0.808. The molecule has 0 saturated carbocycles. The fourth-order valence-corrected chi connectivity index (χ4v) is 4.86. The number of furan rings is 1. The topological polar surface area (TPSA) is 70.8 Å². The van der Waals surface area contributed by atoms with E-state index in [0.717, 1.165) is 27.4 Å². The number of carbonyl (C=O) groups excluding carboxylic acids is 1. The van der Waals surface area contributed by atoms with Crippen LogP contribution in [0.25, 0.3) is 11.0 Å². The third-order valence-electron chi connectivity index (χ3n) is 5.26. The normalized spacial score (nSPS) is 13.0. The van der Waals surface area contributed by atoms with Gasteiger partial charge in [0.1, 0.15) is 22.1 Å². The predicted molar refractivity (Wildman–Crippen MR) is 113 cm³/mol. The summed E-state index contributed by atoms with van der Waals surface area (Å²) in [6.07, 6.45) is 0. The van der Waals surface area contributed by atoms with Gasteiger partial charge in [0.05, 0.1) is 6.04 Å². The van der Waals surface area contributed by atoms with Gasteiger partial charge in [-0.3, -0.25) is 4.79 Å². The van der Waals surface area contributed by atoms with Gasteiger partial charge in [0.15, 0.2) is 0 Å². The second-order valence-electron chi connectivity index (χ2n) is 7.01. The third kappa shape index (κ3) is 3.97. The molecule has 1 amide bonds. The molecular weight excluding hydrogens is 407 g/mol. The maximum atomic E-state index is 14.4. The Morgan fingerprint density at radius 3 is 2.40 bits per heavy atom. The fourth-order valence-electron chi connectivity index (χ4n) is 3.32. The van der Waals surface area contributed by atoms with E-state index in [-0.39, 0.29) is 18.7 Å². The van der Waals surface area contributed by atoms with E-state index in [4.69, 9.17) is 4.42 Å². The maximum absolute atomic E-state index is 14.4. The summed E-state index contributed by atoms with van der Waals surface area (Å²) in [5.74, 6) is -0.712. The molecule has 0 N–H and O–H groups in total. The van der Waals surface area contributed by atoms with Crippen molar-refractivity contribution in [2.24, 2.45) is 0 Å². The quantitative estimate of drug-likeness (QED) is 0.554. The van der Waals surface area contributed by atoms with Gasteiger partial charge in [0, 0.05) is 31.1 Å². The number of para-hydroxylation sites is 1. The molecule has 0 fully saturated rings. The van der Waals surface area contributed by atoms with E-state index >= 15 is 0 Å². The molecule has 6 nitrogen and oxygen atoms in total. The van der Waals surface area contributed by atoms with Gasteiger partial charge in [0.2, 0.25) is 10.0 Å². The number of sulfonamides is 1. The molecule has 0 spiro atoms. The summed E-state index contributed by atoms with van der Waals surface area (Å²) in [5, 5.41) is 0.926. The molecule has 0 aliphatic rings. The summed E-state index contributed by atoms with van der Waals surface area (Å²) in [6.45, 7) is 5.58. The van der Waals surface area contributed by atoms with Crippen LogP contribution in [-0.4, -0.2) is 43.7 Å². The van der Waals surface area contributed by atoms with Crippen molar-refractivity contribution in [3.8, 4) is 0 Å². The van der Waals surface area contributed by atoms with E-state index in [0.29, 0.717) is 5.76 Å². The Labute approximate surface area is 175 Å². The summed E-state index contributed by atoms with van der Waals surface area (Å²) in [4.78, 5) is 14.0. The van der Waals surface area contributed by atoms with Crippen molar-refractivity contribution < 1.29 is 22.0 Å². The van der Waals surface area contributed by atoms with Gasteiger partial charge >= 0.3 is 0 Å². The van der Waals surface area contributed by atoms with Crippen molar-refractivity contribution in [2.45, 2.75) is 31.7 Å². The second kappa shape index (κ2) is 8.57. The Bertz CT molecular complexity index is 1140. The Kier molecular flexibility index (Phi) is 6.28. The van der Waals surface area contributed by atoms with E-state index in [2.05, 4.69) is 0 Å². The van der Waals surface area contributed by atoms with Crippen molar-refractivity contribution in [1.82, 2.24) is 9.21 Å². The lowest BCUT2D eigenvalue weighted by Gasteiger charge is -2.24. The van der Waals surface area contributed by atoms with E-state index in [1.165, 1.54) is 11.0 Å². The summed E-state index contributed by atoms with van der Waals surface area (Å²) < 4.78 is 46.9. The molecule has 0 aliphatic carbocycles. The Hall–Kier alpha value is -2.71. The molecule has 8 heteroatoms. The first-order valence-electron chi connectivity index (χ1n) is 9.76. The number of carbonyl (C=O) groups is 1. The molecule has 1 heterocycles. The highest BCUT2D eigenvalue weighted by molar-refractivity contribution is 7.89. The van der Waals surface area contributed by atoms with Crippen LogP contribution in [-0.2, 0) is 10.0 Å². The lowest BCUT2D eigenvalue weighted by Crippen LogP contribution is -2.32. The summed E-state index contributed by atoms with van der Waals surface area (Å²) in [6, 6.07) is 12.4. The molecule has 0 bridgehead atoms. The van der Waals surface area contributed by atoms with E-state index in [1.54, 1.807) is 20.9 Å². The molecule has 1 aromatic heterocycles. The van der Waals surface area contributed by atoms with Gasteiger partial charge in [-0.2, -0.15) is 4.31 Å². The number of hydrogen-bond donors (Lipinski definition) is 0. The minimum absolute atomic E-state index is 0.0904. The van der Waals surface area contributed by atoms with Gasteiger partial charge < -0.3 is 9.32 Å². The number of halogens is 1. The van der Waals surface area contributed by atoms with Crippen LogP contribution in [0.15, 0.2) is 57.8 Å². The van der Waals surface area contributed by atoms with E-state index < -0.39 is 32.7 Å². The van der Waals surface area contributed by atoms with Gasteiger partial charge in [-0.15, -0.1) is 0 Å². The number of hydrogen-bond acceptors (Lipinski definition) is 4. The van der Waals surface area contributed by atoms with E-state index in [1.807, 2.05) is 37.3 Å². The standard InChI is InChI=1S/C22H25FN2O4S/c1-5-25(6-2)30(27,28)21-14-17(11-12-18(21)23)22(26)24(4)15(3)20-13-16-9-7-8-10-19(16)29-20/h7-15H,5-6H2,1-4H3. The Morgan fingerprint density at radius 1 is 1.10 bits per heavy atom. The maximum Gasteiger partial charge on any atom is 0.254 e. The molecular formula is C22H25FN2O4S. The lowest BCUT2D eigenvalue weighted by atomic mass is 10.1. The highest BCUT2D eigenvalue weighted by Gasteiger charge is 2.28. The van der Waals surface area contributed by atoms with E-state index in [9.17, 15) is 17.6 Å². The van der Waals surface area contributed by atoms with Crippen molar-refractivity contribution in [2.75, 3.05) is 20.1 Å². The highest BCUT2D eigenvalue weighted by Crippen LogP contribution is 2.28. The first kappa shape index (κ1) is 22.0. The zero-order valence-electron chi connectivity index (χ0n) is 17.4. The average Bonchev–Trinajstić information content (AvgIpc) is 3.17. The number of amides is 1. The van der Waals surface area contributed by atoms with Crippen molar-refractivity contribution in [3.63, 3.8) is 0 Å². The van der Waals surface area contributed by atoms with Crippen LogP contribution >= 0.6 is 0 Å². The third-order valence-corrected chi connectivity index (χ3v) is 7.32. The van der Waals surface area contributed by atoms with Gasteiger partial charge in [-0.1, -0.05) is 32.0 Å². The van der Waals surface area contributed by atoms with Crippen molar-refractivity contribution in [3.05, 3.63) is 65.7 Å². The predicted octanol–water partition coefficient (Wildman–Crippen LogP) is 4.44. The average molecular weight is 433 g/mol. The first-order valence-corrected chi connectivity index (χ1v) is 11.2. The molecule has 30 heavy (non-hydrogen) atoms. The molecule has 3 aromatic rings. The van der Waals surface area contributed by atoms with Gasteiger partial charge in [-0.25, -0.2) is 12.8 Å². The number of benzene rings is 2. The molecule has 0 aliphatic heterocycles. The molecule has 1 unspecified atom stereocenters. The molecule has 3 rings (SSSR count). The molecule has 1 atom stereocenters. The minimum atomic E-state index is -4.03. The van der Waals surface area contributed by atoms with Crippen LogP contribution in [0.2, 0.25) is 0 Å². The van der Waals surface area contributed by atoms with Crippen LogP contribution in [0, 0.1) is 5.82 Å². The zero-order valence-corrected chi connectivity index (χ0v) is 18.2. The van der Waals surface area contributed by atoms with Crippen LogP contribution in [0.1, 0.15) is 42.9 Å². The SMILES string of the molecule is CCN(CC)S(=O)(=O)c1cc(C(=O)N(C)C(C)c2cc3ccccc3o2)ccc1F. The second-order valence-corrected chi connectivity index (χ2v) is 8.92. The minimum Gasteiger partial charge on any atom is -0.459 e. The smallest absolute Gasteiger partial charge is 0.254 e. The molecule has 160 valence electrons. The van der Waals surface area contributed by atoms with Gasteiger partial charge in [-0.05, 0) is 37.3 Å². The van der Waals surface area contributed by atoms with Crippen molar-refractivity contribution >= 4 is 26.9 Å².